The molecule has 0 aromatic heterocycles. The molecule has 1 aromatic carbocycles. The molecule has 0 aliphatic carbocycles. The average Bonchev–Trinajstić information content (AvgIpc) is 2.76. The molecule has 0 fully saturated rings. The molecular formula is C21H33Br4O4P. The van der Waals surface area contributed by atoms with E-state index in [1.54, 1.807) is 0 Å². The van der Waals surface area contributed by atoms with Crippen LogP contribution in [-0.2, 0) is 20.0 Å². The predicted molar refractivity (Wildman–Crippen MR) is 141 cm³/mol. The molecule has 0 spiro atoms. The zero-order valence-electron chi connectivity index (χ0n) is 17.5. The van der Waals surface area contributed by atoms with Gasteiger partial charge in [-0.2, -0.15) is 0 Å². The molecule has 0 heterocycles. The Labute approximate surface area is 215 Å². The summed E-state index contributed by atoms with van der Waals surface area (Å²) in [6.45, 7) is 2.66. The lowest BCUT2D eigenvalue weighted by Gasteiger charge is -2.20. The van der Waals surface area contributed by atoms with E-state index in [9.17, 15) is 4.57 Å². The SMILES string of the molecule is CCCCCCCCCc1ccc(OP(=O)(OCC(Br)CBr)OCC(Br)CBr)cc1. The summed E-state index contributed by atoms with van der Waals surface area (Å²) in [7, 11) is -3.73. The van der Waals surface area contributed by atoms with Crippen LogP contribution in [-0.4, -0.2) is 33.5 Å². The average molecular weight is 700 g/mol. The molecule has 30 heavy (non-hydrogen) atoms. The monoisotopic (exact) mass is 696 g/mol. The molecule has 1 aromatic rings. The third-order valence-corrected chi connectivity index (χ3v) is 10.2. The number of halogens is 4. The topological polar surface area (TPSA) is 44.8 Å². The van der Waals surface area contributed by atoms with Crippen molar-refractivity contribution in [2.75, 3.05) is 23.9 Å². The smallest absolute Gasteiger partial charge is 0.404 e. The van der Waals surface area contributed by atoms with Gasteiger partial charge in [-0.15, -0.1) is 0 Å². The molecule has 2 atom stereocenters. The quantitative estimate of drug-likeness (QED) is 0.0873. The molecule has 174 valence electrons. The molecule has 0 aliphatic heterocycles. The second-order valence-electron chi connectivity index (χ2n) is 7.15. The number of hydrogen-bond donors (Lipinski definition) is 0. The van der Waals surface area contributed by atoms with E-state index in [4.69, 9.17) is 13.6 Å². The number of alkyl halides is 4. The summed E-state index contributed by atoms with van der Waals surface area (Å²) in [6.07, 6.45) is 10.1. The maximum Gasteiger partial charge on any atom is 0.530 e. The van der Waals surface area contributed by atoms with Gasteiger partial charge in [-0.3, -0.25) is 9.05 Å². The fourth-order valence-electron chi connectivity index (χ4n) is 2.66. The van der Waals surface area contributed by atoms with Crippen LogP contribution >= 0.6 is 71.5 Å². The van der Waals surface area contributed by atoms with Crippen LogP contribution in [0, 0.1) is 0 Å². The Morgan fingerprint density at radius 3 is 1.83 bits per heavy atom. The lowest BCUT2D eigenvalue weighted by Crippen LogP contribution is -2.15. The van der Waals surface area contributed by atoms with Crippen molar-refractivity contribution < 1.29 is 18.1 Å². The van der Waals surface area contributed by atoms with Gasteiger partial charge >= 0.3 is 7.82 Å². The highest BCUT2D eigenvalue weighted by molar-refractivity contribution is 9.12. The van der Waals surface area contributed by atoms with Crippen molar-refractivity contribution in [1.29, 1.82) is 0 Å². The Morgan fingerprint density at radius 1 is 0.833 bits per heavy atom. The van der Waals surface area contributed by atoms with Crippen LogP contribution in [0.4, 0.5) is 0 Å². The van der Waals surface area contributed by atoms with Crippen LogP contribution in [0.25, 0.3) is 0 Å². The number of benzene rings is 1. The Morgan fingerprint density at radius 2 is 1.33 bits per heavy atom. The summed E-state index contributed by atoms with van der Waals surface area (Å²) in [5, 5.41) is 1.34. The Bertz CT molecular complexity index is 585. The summed E-state index contributed by atoms with van der Waals surface area (Å²) in [5.41, 5.74) is 1.26. The summed E-state index contributed by atoms with van der Waals surface area (Å²) < 4.78 is 29.8. The first-order chi connectivity index (χ1) is 14.4. The molecule has 2 unspecified atom stereocenters. The van der Waals surface area contributed by atoms with E-state index in [-0.39, 0.29) is 22.9 Å². The third kappa shape index (κ3) is 13.6. The molecule has 4 nitrogen and oxygen atoms in total. The molecule has 0 N–H and O–H groups in total. The minimum absolute atomic E-state index is 0.0123. The van der Waals surface area contributed by atoms with E-state index in [0.717, 1.165) is 6.42 Å². The number of hydrogen-bond acceptors (Lipinski definition) is 4. The number of unbranched alkanes of at least 4 members (excludes halogenated alkanes) is 6. The molecule has 0 radical (unpaired) electrons. The van der Waals surface area contributed by atoms with Crippen molar-refractivity contribution in [3.8, 4) is 5.75 Å². The maximum absolute atomic E-state index is 13.1. The Balaban J connectivity index is 2.54. The number of phosphoric acid groups is 1. The molecular weight excluding hydrogens is 667 g/mol. The van der Waals surface area contributed by atoms with Gasteiger partial charge in [-0.1, -0.05) is 121 Å². The molecule has 0 aliphatic rings. The van der Waals surface area contributed by atoms with E-state index in [0.29, 0.717) is 16.4 Å². The van der Waals surface area contributed by atoms with Gasteiger partial charge < -0.3 is 4.52 Å². The van der Waals surface area contributed by atoms with E-state index < -0.39 is 7.82 Å². The van der Waals surface area contributed by atoms with Gasteiger partial charge in [0.2, 0.25) is 0 Å². The van der Waals surface area contributed by atoms with Gasteiger partial charge in [0.05, 0.1) is 13.2 Å². The largest absolute Gasteiger partial charge is 0.530 e. The van der Waals surface area contributed by atoms with E-state index >= 15 is 0 Å². The second kappa shape index (κ2) is 17.6. The highest BCUT2D eigenvalue weighted by Crippen LogP contribution is 2.50. The van der Waals surface area contributed by atoms with Crippen molar-refractivity contribution in [1.82, 2.24) is 0 Å². The number of aryl methyl sites for hydroxylation is 1. The maximum atomic E-state index is 13.1. The third-order valence-electron chi connectivity index (χ3n) is 4.37. The second-order valence-corrected chi connectivity index (χ2v) is 12.6. The van der Waals surface area contributed by atoms with Crippen LogP contribution < -0.4 is 4.52 Å². The summed E-state index contributed by atoms with van der Waals surface area (Å²) in [4.78, 5) is 0.0247. The molecule has 0 saturated heterocycles. The molecule has 0 amide bonds. The van der Waals surface area contributed by atoms with E-state index in [2.05, 4.69) is 70.6 Å². The summed E-state index contributed by atoms with van der Waals surface area (Å²) in [5.74, 6) is 0.483. The molecule has 1 rings (SSSR count). The van der Waals surface area contributed by atoms with Gasteiger partial charge in [0.15, 0.2) is 0 Å². The fourth-order valence-corrected chi connectivity index (χ4v) is 4.99. The van der Waals surface area contributed by atoms with Crippen LogP contribution in [0.2, 0.25) is 0 Å². The Kier molecular flexibility index (Phi) is 17.0. The van der Waals surface area contributed by atoms with Crippen molar-refractivity contribution in [2.45, 2.75) is 67.9 Å². The number of rotatable bonds is 18. The lowest BCUT2D eigenvalue weighted by molar-refractivity contribution is 0.160. The van der Waals surface area contributed by atoms with Gasteiger partial charge in [0.1, 0.15) is 5.75 Å². The first-order valence-corrected chi connectivity index (χ1v) is 16.0. The predicted octanol–water partition coefficient (Wildman–Crippen LogP) is 8.82. The highest BCUT2D eigenvalue weighted by Gasteiger charge is 2.30. The van der Waals surface area contributed by atoms with Gasteiger partial charge in [-0.25, -0.2) is 4.57 Å². The minimum atomic E-state index is -3.73. The lowest BCUT2D eigenvalue weighted by atomic mass is 10.0. The summed E-state index contributed by atoms with van der Waals surface area (Å²) in [6, 6.07) is 7.72. The fraction of sp³-hybridized carbons (Fsp3) is 0.714. The Hall–Kier alpha value is 1.09. The molecule has 9 heteroatoms. The van der Waals surface area contributed by atoms with E-state index in [1.807, 2.05) is 24.3 Å². The van der Waals surface area contributed by atoms with Crippen molar-refractivity contribution in [3.63, 3.8) is 0 Å². The molecule has 0 bridgehead atoms. The van der Waals surface area contributed by atoms with Crippen LogP contribution in [0.15, 0.2) is 24.3 Å². The minimum Gasteiger partial charge on any atom is -0.404 e. The normalized spacial score (nSPS) is 15.5. The number of phosphoric ester groups is 1. The standard InChI is InChI=1S/C21H33Br4O4P/c1-2-3-4-5-6-7-8-9-18-10-12-21(13-11-18)29-30(26,27-16-19(24)14-22)28-17-20(25)15-23/h10-13,19-20H,2-9,14-17H2,1H3. The first-order valence-electron chi connectivity index (χ1n) is 10.5. The highest BCUT2D eigenvalue weighted by atomic mass is 79.9. The van der Waals surface area contributed by atoms with Crippen LogP contribution in [0.5, 0.6) is 5.75 Å². The van der Waals surface area contributed by atoms with Gasteiger partial charge in [0.25, 0.3) is 0 Å². The van der Waals surface area contributed by atoms with Crippen molar-refractivity contribution in [2.24, 2.45) is 0 Å². The zero-order chi connectivity index (χ0) is 22.2. The summed E-state index contributed by atoms with van der Waals surface area (Å²) >= 11 is 13.6. The molecule has 0 saturated carbocycles. The van der Waals surface area contributed by atoms with Crippen molar-refractivity contribution in [3.05, 3.63) is 29.8 Å². The van der Waals surface area contributed by atoms with Crippen molar-refractivity contribution >= 4 is 71.5 Å². The van der Waals surface area contributed by atoms with Crippen LogP contribution in [0.3, 0.4) is 0 Å². The van der Waals surface area contributed by atoms with Gasteiger partial charge in [0, 0.05) is 20.3 Å². The first kappa shape index (κ1) is 29.1. The van der Waals surface area contributed by atoms with Gasteiger partial charge in [-0.05, 0) is 30.5 Å². The van der Waals surface area contributed by atoms with Crippen LogP contribution in [0.1, 0.15) is 57.4 Å². The zero-order valence-corrected chi connectivity index (χ0v) is 24.8. The van der Waals surface area contributed by atoms with E-state index in [1.165, 1.54) is 50.5 Å².